The molecule has 4 heteroatoms. The molecule has 1 amide bonds. The van der Waals surface area contributed by atoms with E-state index < -0.39 is 11.5 Å². The van der Waals surface area contributed by atoms with E-state index in [0.29, 0.717) is 18.5 Å². The molecule has 1 heterocycles. The average molecular weight is 275 g/mol. The first-order valence-electron chi connectivity index (χ1n) is 6.98. The Morgan fingerprint density at radius 2 is 1.75 bits per heavy atom. The molecule has 20 heavy (non-hydrogen) atoms. The summed E-state index contributed by atoms with van der Waals surface area (Å²) in [4.78, 5) is 25.8. The van der Waals surface area contributed by atoms with E-state index in [4.69, 9.17) is 0 Å². The summed E-state index contributed by atoms with van der Waals surface area (Å²) in [5.41, 5.74) is 1.52. The number of amides is 1. The molecule has 1 aliphatic rings. The Kier molecular flexibility index (Phi) is 3.84. The smallest absolute Gasteiger partial charge is 0.329 e. The van der Waals surface area contributed by atoms with Crippen LogP contribution in [0.1, 0.15) is 47.7 Å². The van der Waals surface area contributed by atoms with Crippen molar-refractivity contribution in [3.05, 3.63) is 34.9 Å². The monoisotopic (exact) mass is 275 g/mol. The Hall–Kier alpha value is -1.84. The van der Waals surface area contributed by atoms with Gasteiger partial charge in [0.05, 0.1) is 0 Å². The minimum Gasteiger partial charge on any atom is -0.480 e. The van der Waals surface area contributed by atoms with Crippen molar-refractivity contribution in [1.82, 2.24) is 4.90 Å². The first-order valence-corrected chi connectivity index (χ1v) is 6.98. The molecule has 1 unspecified atom stereocenters. The van der Waals surface area contributed by atoms with Crippen molar-refractivity contribution in [1.29, 1.82) is 0 Å². The van der Waals surface area contributed by atoms with Gasteiger partial charge >= 0.3 is 5.97 Å². The summed E-state index contributed by atoms with van der Waals surface area (Å²) < 4.78 is 0. The van der Waals surface area contributed by atoms with Crippen molar-refractivity contribution in [2.45, 2.75) is 45.6 Å². The van der Waals surface area contributed by atoms with Gasteiger partial charge < -0.3 is 10.0 Å². The lowest BCUT2D eigenvalue weighted by Crippen LogP contribution is -2.57. The fraction of sp³-hybridized carbons (Fsp3) is 0.500. The molecule has 1 aromatic carbocycles. The molecular formula is C16H21NO3. The maximum absolute atomic E-state index is 12.7. The fourth-order valence-electron chi connectivity index (χ4n) is 2.92. The van der Waals surface area contributed by atoms with Crippen molar-refractivity contribution in [3.63, 3.8) is 0 Å². The fourth-order valence-corrected chi connectivity index (χ4v) is 2.92. The van der Waals surface area contributed by atoms with Gasteiger partial charge in [-0.3, -0.25) is 4.79 Å². The molecule has 0 aliphatic carbocycles. The van der Waals surface area contributed by atoms with Crippen molar-refractivity contribution < 1.29 is 14.7 Å². The molecule has 4 nitrogen and oxygen atoms in total. The molecule has 1 saturated heterocycles. The third kappa shape index (κ3) is 2.55. The zero-order valence-electron chi connectivity index (χ0n) is 12.3. The minimum atomic E-state index is -1.09. The van der Waals surface area contributed by atoms with Crippen LogP contribution in [0.3, 0.4) is 0 Å². The number of carboxylic acid groups (broad SMARTS) is 1. The first kappa shape index (κ1) is 14.6. The van der Waals surface area contributed by atoms with Gasteiger partial charge in [-0.2, -0.15) is 0 Å². The molecule has 108 valence electrons. The number of aryl methyl sites for hydroxylation is 2. The van der Waals surface area contributed by atoms with E-state index in [1.54, 1.807) is 6.92 Å². The predicted molar refractivity (Wildman–Crippen MR) is 76.8 cm³/mol. The van der Waals surface area contributed by atoms with Gasteiger partial charge in [0.1, 0.15) is 5.54 Å². The summed E-state index contributed by atoms with van der Waals surface area (Å²) in [6.45, 7) is 6.04. The molecule has 1 aromatic rings. The summed E-state index contributed by atoms with van der Waals surface area (Å²) in [6.07, 6.45) is 2.22. The molecule has 0 spiro atoms. The summed E-state index contributed by atoms with van der Waals surface area (Å²) in [5.74, 6) is -1.10. The highest BCUT2D eigenvalue weighted by Gasteiger charge is 2.44. The Morgan fingerprint density at radius 1 is 1.15 bits per heavy atom. The van der Waals surface area contributed by atoms with Crippen molar-refractivity contribution in [3.8, 4) is 0 Å². The van der Waals surface area contributed by atoms with Crippen LogP contribution in [0, 0.1) is 13.8 Å². The number of hydrogen-bond donors (Lipinski definition) is 1. The number of carbonyl (C=O) groups excluding carboxylic acids is 1. The zero-order valence-corrected chi connectivity index (χ0v) is 12.3. The van der Waals surface area contributed by atoms with Crippen molar-refractivity contribution in [2.24, 2.45) is 0 Å². The van der Waals surface area contributed by atoms with Crippen LogP contribution in [0.25, 0.3) is 0 Å². The lowest BCUT2D eigenvalue weighted by molar-refractivity contribution is -0.150. The van der Waals surface area contributed by atoms with Gasteiger partial charge in [0.15, 0.2) is 0 Å². The molecule has 2 rings (SSSR count). The quantitative estimate of drug-likeness (QED) is 0.903. The lowest BCUT2D eigenvalue weighted by atomic mass is 9.87. The second-order valence-corrected chi connectivity index (χ2v) is 5.87. The molecule has 0 aromatic heterocycles. The van der Waals surface area contributed by atoms with E-state index in [-0.39, 0.29) is 5.91 Å². The highest BCUT2D eigenvalue weighted by atomic mass is 16.4. The summed E-state index contributed by atoms with van der Waals surface area (Å²) >= 11 is 0. The normalized spacial score (nSPS) is 22.6. The minimum absolute atomic E-state index is 0.179. The van der Waals surface area contributed by atoms with Gasteiger partial charge in [0.2, 0.25) is 0 Å². The molecule has 0 bridgehead atoms. The Morgan fingerprint density at radius 3 is 2.30 bits per heavy atom. The molecule has 1 atom stereocenters. The van der Waals surface area contributed by atoms with Crippen LogP contribution in [0.15, 0.2) is 18.2 Å². The summed E-state index contributed by atoms with van der Waals surface area (Å²) in [5, 5.41) is 9.48. The van der Waals surface area contributed by atoms with Crippen LogP contribution < -0.4 is 0 Å². The predicted octanol–water partition coefficient (Wildman–Crippen LogP) is 2.77. The van der Waals surface area contributed by atoms with Crippen LogP contribution in [-0.4, -0.2) is 34.0 Å². The van der Waals surface area contributed by atoms with Crippen molar-refractivity contribution in [2.75, 3.05) is 6.54 Å². The highest BCUT2D eigenvalue weighted by molar-refractivity contribution is 5.98. The number of piperidine rings is 1. The molecule has 1 N–H and O–H groups in total. The summed E-state index contributed by atoms with van der Waals surface area (Å²) in [7, 11) is 0. The van der Waals surface area contributed by atoms with Crippen LogP contribution in [-0.2, 0) is 4.79 Å². The molecular weight excluding hydrogens is 254 g/mol. The molecule has 1 aliphatic heterocycles. The second kappa shape index (κ2) is 5.27. The number of aliphatic carboxylic acids is 1. The first-order chi connectivity index (χ1) is 9.34. The van der Waals surface area contributed by atoms with Gasteiger partial charge in [0.25, 0.3) is 5.91 Å². The van der Waals surface area contributed by atoms with Crippen LogP contribution in [0.4, 0.5) is 0 Å². The number of hydrogen-bond acceptors (Lipinski definition) is 2. The average Bonchev–Trinajstić information content (AvgIpc) is 2.37. The maximum atomic E-state index is 12.7. The second-order valence-electron chi connectivity index (χ2n) is 5.87. The largest absolute Gasteiger partial charge is 0.480 e. The highest BCUT2D eigenvalue weighted by Crippen LogP contribution is 2.30. The zero-order chi connectivity index (χ0) is 14.9. The maximum Gasteiger partial charge on any atom is 0.329 e. The SMILES string of the molecule is Cc1cc(C)cc(C(=O)N2CCCCC2(C)C(=O)O)c1. The Labute approximate surface area is 119 Å². The van der Waals surface area contributed by atoms with Crippen LogP contribution in [0.5, 0.6) is 0 Å². The molecule has 1 fully saturated rings. The number of benzene rings is 1. The number of rotatable bonds is 2. The third-order valence-corrected chi connectivity index (χ3v) is 4.07. The van der Waals surface area contributed by atoms with Gasteiger partial charge in [-0.25, -0.2) is 4.79 Å². The molecule has 0 radical (unpaired) electrons. The van der Waals surface area contributed by atoms with E-state index in [1.165, 1.54) is 4.90 Å². The number of nitrogens with zero attached hydrogens (tertiary/aromatic N) is 1. The number of carbonyl (C=O) groups is 2. The van der Waals surface area contributed by atoms with E-state index >= 15 is 0 Å². The van der Waals surface area contributed by atoms with E-state index in [2.05, 4.69) is 0 Å². The Balaban J connectivity index is 2.37. The third-order valence-electron chi connectivity index (χ3n) is 4.07. The van der Waals surface area contributed by atoms with Gasteiger partial charge in [0, 0.05) is 12.1 Å². The van der Waals surface area contributed by atoms with Gasteiger partial charge in [-0.1, -0.05) is 17.2 Å². The van der Waals surface area contributed by atoms with E-state index in [9.17, 15) is 14.7 Å². The lowest BCUT2D eigenvalue weighted by Gasteiger charge is -2.41. The van der Waals surface area contributed by atoms with E-state index in [1.807, 2.05) is 32.0 Å². The summed E-state index contributed by atoms with van der Waals surface area (Å²) in [6, 6.07) is 5.65. The topological polar surface area (TPSA) is 57.6 Å². The molecule has 0 saturated carbocycles. The number of carboxylic acids is 1. The van der Waals surface area contributed by atoms with E-state index in [0.717, 1.165) is 24.0 Å². The van der Waals surface area contributed by atoms with Gasteiger partial charge in [-0.05, 0) is 52.2 Å². The van der Waals surface area contributed by atoms with Gasteiger partial charge in [-0.15, -0.1) is 0 Å². The van der Waals surface area contributed by atoms with Crippen LogP contribution >= 0.6 is 0 Å². The van der Waals surface area contributed by atoms with Crippen molar-refractivity contribution >= 4 is 11.9 Å². The Bertz CT molecular complexity index is 532. The number of likely N-dealkylation sites (tertiary alicyclic amines) is 1. The standard InChI is InChI=1S/C16H21NO3/c1-11-8-12(2)10-13(9-11)14(18)17-7-5-4-6-16(17,3)15(19)20/h8-10H,4-7H2,1-3H3,(H,19,20). The van der Waals surface area contributed by atoms with Crippen LogP contribution in [0.2, 0.25) is 0 Å².